The SMILES string of the molecule is Cc1cc(Br)c(C(Br)c2cccc3ccccc23)s1. The zero-order valence-corrected chi connectivity index (χ0v) is 14.3. The number of aryl methyl sites for hydroxylation is 1. The second-order valence-corrected chi connectivity index (χ2v) is 7.56. The summed E-state index contributed by atoms with van der Waals surface area (Å²) in [6.07, 6.45) is 0. The summed E-state index contributed by atoms with van der Waals surface area (Å²) in [5.41, 5.74) is 1.32. The van der Waals surface area contributed by atoms with Crippen molar-refractivity contribution in [3.05, 3.63) is 68.3 Å². The van der Waals surface area contributed by atoms with Crippen molar-refractivity contribution in [1.29, 1.82) is 0 Å². The zero-order valence-electron chi connectivity index (χ0n) is 10.4. The minimum atomic E-state index is 0.228. The highest BCUT2D eigenvalue weighted by Gasteiger charge is 2.18. The molecule has 3 heteroatoms. The van der Waals surface area contributed by atoms with Gasteiger partial charge in [-0.15, -0.1) is 11.3 Å². The third-order valence-corrected chi connectivity index (χ3v) is 6.45. The fourth-order valence-corrected chi connectivity index (χ4v) is 5.40. The van der Waals surface area contributed by atoms with E-state index in [1.54, 1.807) is 0 Å². The molecular formula is C16H12Br2S. The molecule has 0 aliphatic carbocycles. The molecule has 0 aliphatic rings. The number of benzene rings is 2. The molecule has 1 aromatic heterocycles. The summed E-state index contributed by atoms with van der Waals surface area (Å²) in [7, 11) is 0. The molecule has 0 amide bonds. The lowest BCUT2D eigenvalue weighted by Gasteiger charge is -2.12. The first kappa shape index (κ1) is 13.3. The Labute approximate surface area is 133 Å². The minimum absolute atomic E-state index is 0.228. The van der Waals surface area contributed by atoms with E-state index >= 15 is 0 Å². The molecule has 0 nitrogen and oxygen atoms in total. The molecule has 0 spiro atoms. The van der Waals surface area contributed by atoms with Crippen molar-refractivity contribution in [3.63, 3.8) is 0 Å². The van der Waals surface area contributed by atoms with Gasteiger partial charge >= 0.3 is 0 Å². The van der Waals surface area contributed by atoms with Crippen molar-refractivity contribution in [1.82, 2.24) is 0 Å². The Morgan fingerprint density at radius 2 is 1.79 bits per heavy atom. The third kappa shape index (κ3) is 2.51. The van der Waals surface area contributed by atoms with Gasteiger partial charge in [0.1, 0.15) is 0 Å². The van der Waals surface area contributed by atoms with Crippen LogP contribution < -0.4 is 0 Å². The van der Waals surface area contributed by atoms with Gasteiger partial charge in [-0.2, -0.15) is 0 Å². The van der Waals surface area contributed by atoms with Gasteiger partial charge in [-0.3, -0.25) is 0 Å². The third-order valence-electron chi connectivity index (χ3n) is 3.16. The van der Waals surface area contributed by atoms with E-state index < -0.39 is 0 Å². The van der Waals surface area contributed by atoms with Crippen molar-refractivity contribution in [2.24, 2.45) is 0 Å². The van der Waals surface area contributed by atoms with E-state index in [2.05, 4.69) is 87.3 Å². The van der Waals surface area contributed by atoms with Gasteiger partial charge in [0, 0.05) is 14.2 Å². The Balaban J connectivity index is 2.16. The number of hydrogen-bond acceptors (Lipinski definition) is 1. The monoisotopic (exact) mass is 394 g/mol. The topological polar surface area (TPSA) is 0 Å². The van der Waals surface area contributed by atoms with Crippen LogP contribution in [0.5, 0.6) is 0 Å². The molecule has 0 saturated heterocycles. The molecule has 96 valence electrons. The number of fused-ring (bicyclic) bond motifs is 1. The highest BCUT2D eigenvalue weighted by atomic mass is 79.9. The summed E-state index contributed by atoms with van der Waals surface area (Å²) in [5, 5.41) is 2.60. The van der Waals surface area contributed by atoms with Gasteiger partial charge in [-0.1, -0.05) is 58.4 Å². The van der Waals surface area contributed by atoms with E-state index in [0.717, 1.165) is 0 Å². The summed E-state index contributed by atoms with van der Waals surface area (Å²) in [5.74, 6) is 0. The Bertz CT molecular complexity index is 725. The molecule has 19 heavy (non-hydrogen) atoms. The van der Waals surface area contributed by atoms with E-state index in [1.165, 1.54) is 30.6 Å². The van der Waals surface area contributed by atoms with Crippen LogP contribution in [0.15, 0.2) is 53.0 Å². The molecule has 3 aromatic rings. The lowest BCUT2D eigenvalue weighted by atomic mass is 10.0. The van der Waals surface area contributed by atoms with Crippen LogP contribution in [0.3, 0.4) is 0 Å². The molecule has 0 N–H and O–H groups in total. The summed E-state index contributed by atoms with van der Waals surface area (Å²) >= 11 is 9.35. The molecule has 1 heterocycles. The Morgan fingerprint density at radius 1 is 1.05 bits per heavy atom. The molecule has 0 fully saturated rings. The van der Waals surface area contributed by atoms with Crippen LogP contribution in [-0.2, 0) is 0 Å². The van der Waals surface area contributed by atoms with Crippen molar-refractivity contribution in [2.75, 3.05) is 0 Å². The lowest BCUT2D eigenvalue weighted by Crippen LogP contribution is -1.92. The van der Waals surface area contributed by atoms with Crippen LogP contribution in [0.4, 0.5) is 0 Å². The van der Waals surface area contributed by atoms with Gasteiger partial charge < -0.3 is 0 Å². The first-order chi connectivity index (χ1) is 9.16. The Hall–Kier alpha value is -0.640. The molecule has 0 bridgehead atoms. The molecule has 1 atom stereocenters. The maximum atomic E-state index is 3.86. The van der Waals surface area contributed by atoms with E-state index in [4.69, 9.17) is 0 Å². The van der Waals surface area contributed by atoms with Crippen LogP contribution in [-0.4, -0.2) is 0 Å². The predicted octanol–water partition coefficient (Wildman–Crippen LogP) is 6.46. The molecule has 0 radical (unpaired) electrons. The van der Waals surface area contributed by atoms with Crippen LogP contribution >= 0.6 is 43.2 Å². The number of alkyl halides is 1. The molecular weight excluding hydrogens is 384 g/mol. The second-order valence-electron chi connectivity index (χ2n) is 4.50. The summed E-state index contributed by atoms with van der Waals surface area (Å²) < 4.78 is 1.19. The van der Waals surface area contributed by atoms with E-state index in [9.17, 15) is 0 Å². The maximum absolute atomic E-state index is 3.86. The van der Waals surface area contributed by atoms with Gasteiger partial charge in [-0.05, 0) is 45.3 Å². The van der Waals surface area contributed by atoms with Crippen LogP contribution in [0.2, 0.25) is 0 Å². The van der Waals surface area contributed by atoms with Crippen molar-refractivity contribution >= 4 is 54.0 Å². The first-order valence-electron chi connectivity index (χ1n) is 6.04. The van der Waals surface area contributed by atoms with Crippen molar-refractivity contribution in [3.8, 4) is 0 Å². The average molecular weight is 396 g/mol. The molecule has 1 unspecified atom stereocenters. The smallest absolute Gasteiger partial charge is 0.0755 e. The number of rotatable bonds is 2. The van der Waals surface area contributed by atoms with Gasteiger partial charge in [-0.25, -0.2) is 0 Å². The fraction of sp³-hybridized carbons (Fsp3) is 0.125. The highest BCUT2D eigenvalue weighted by molar-refractivity contribution is 9.11. The van der Waals surface area contributed by atoms with Gasteiger partial charge in [0.05, 0.1) is 4.83 Å². The Kier molecular flexibility index (Phi) is 3.79. The molecule has 0 saturated carbocycles. The maximum Gasteiger partial charge on any atom is 0.0755 e. The van der Waals surface area contributed by atoms with E-state index in [-0.39, 0.29) is 4.83 Å². The lowest BCUT2D eigenvalue weighted by molar-refractivity contribution is 1.24. The predicted molar refractivity (Wildman–Crippen MR) is 91.5 cm³/mol. The van der Waals surface area contributed by atoms with E-state index in [1.807, 2.05) is 11.3 Å². The van der Waals surface area contributed by atoms with Gasteiger partial charge in [0.25, 0.3) is 0 Å². The quantitative estimate of drug-likeness (QED) is 0.437. The van der Waals surface area contributed by atoms with Crippen molar-refractivity contribution < 1.29 is 0 Å². The summed E-state index contributed by atoms with van der Waals surface area (Å²) in [6, 6.07) is 17.2. The normalized spacial score (nSPS) is 12.8. The highest BCUT2D eigenvalue weighted by Crippen LogP contribution is 2.42. The standard InChI is InChI=1S/C16H12Br2S/c1-10-9-14(17)16(19-10)15(18)13-8-4-6-11-5-2-3-7-12(11)13/h2-9,15H,1H3. The number of halogens is 2. The number of hydrogen-bond donors (Lipinski definition) is 0. The summed E-state index contributed by atoms with van der Waals surface area (Å²) in [4.78, 5) is 2.88. The van der Waals surface area contributed by atoms with Crippen LogP contribution in [0, 0.1) is 6.92 Å². The first-order valence-corrected chi connectivity index (χ1v) is 8.57. The molecule has 0 aliphatic heterocycles. The fourth-order valence-electron chi connectivity index (χ4n) is 2.29. The number of thiophene rings is 1. The van der Waals surface area contributed by atoms with Crippen LogP contribution in [0.25, 0.3) is 10.8 Å². The van der Waals surface area contributed by atoms with Gasteiger partial charge in [0.2, 0.25) is 0 Å². The largest absolute Gasteiger partial charge is 0.143 e. The zero-order chi connectivity index (χ0) is 13.4. The Morgan fingerprint density at radius 3 is 2.53 bits per heavy atom. The minimum Gasteiger partial charge on any atom is -0.143 e. The van der Waals surface area contributed by atoms with Crippen LogP contribution in [0.1, 0.15) is 20.1 Å². The molecule has 3 rings (SSSR count). The van der Waals surface area contributed by atoms with Crippen molar-refractivity contribution in [2.45, 2.75) is 11.8 Å². The van der Waals surface area contributed by atoms with Gasteiger partial charge in [0.15, 0.2) is 0 Å². The summed E-state index contributed by atoms with van der Waals surface area (Å²) in [6.45, 7) is 2.14. The molecule has 2 aromatic carbocycles. The second kappa shape index (κ2) is 5.39. The van der Waals surface area contributed by atoms with E-state index in [0.29, 0.717) is 0 Å². The average Bonchev–Trinajstić information content (AvgIpc) is 2.76.